The van der Waals surface area contributed by atoms with E-state index < -0.39 is 69.7 Å². The number of nitrogens with two attached hydrogens (primary N) is 1. The number of aliphatic hydroxyl groups excluding tert-OH is 2. The average molecular weight is 571 g/mol. The number of ketones is 2. The lowest BCUT2D eigenvalue weighted by Crippen LogP contribution is -2.63. The van der Waals surface area contributed by atoms with E-state index in [2.05, 4.69) is 0 Å². The third-order valence-corrected chi connectivity index (χ3v) is 8.71. The molecule has 1 aromatic rings. The van der Waals surface area contributed by atoms with Gasteiger partial charge in [0.15, 0.2) is 11.4 Å². The molecule has 0 aromatic heterocycles. The zero-order valence-electron chi connectivity index (χ0n) is 23.3. The number of anilines is 1. The van der Waals surface area contributed by atoms with Crippen LogP contribution in [0.25, 0.3) is 0 Å². The molecule has 13 nitrogen and oxygen atoms in total. The van der Waals surface area contributed by atoms with Crippen LogP contribution in [0.3, 0.4) is 0 Å². The molecule has 3 aliphatic carbocycles. The summed E-state index contributed by atoms with van der Waals surface area (Å²) < 4.78 is 5.31. The number of morpholine rings is 1. The molecule has 0 saturated carbocycles. The summed E-state index contributed by atoms with van der Waals surface area (Å²) in [7, 11) is 6.61. The second-order valence-corrected chi connectivity index (χ2v) is 11.4. The predicted molar refractivity (Wildman–Crippen MR) is 145 cm³/mol. The summed E-state index contributed by atoms with van der Waals surface area (Å²) in [4.78, 5) is 57.9. The summed E-state index contributed by atoms with van der Waals surface area (Å²) in [5.41, 5.74) is 2.17. The number of aromatic hydroxyl groups is 1. The molecule has 1 aromatic carbocycles. The van der Waals surface area contributed by atoms with Crippen molar-refractivity contribution in [1.82, 2.24) is 9.80 Å². The Morgan fingerprint density at radius 3 is 2.29 bits per heavy atom. The van der Waals surface area contributed by atoms with Gasteiger partial charge in [-0.25, -0.2) is 0 Å². The first-order valence-electron chi connectivity index (χ1n) is 13.3. The Bertz CT molecular complexity index is 1440. The smallest absolute Gasteiger partial charge is 0.257 e. The minimum absolute atomic E-state index is 0.0200. The molecule has 13 heteroatoms. The Hall–Kier alpha value is -3.94. The number of fused-ring (bicyclic) bond motifs is 3. The zero-order chi connectivity index (χ0) is 30.1. The Labute approximate surface area is 236 Å². The van der Waals surface area contributed by atoms with E-state index in [1.165, 1.54) is 15.9 Å². The Morgan fingerprint density at radius 2 is 1.73 bits per heavy atom. The van der Waals surface area contributed by atoms with E-state index in [4.69, 9.17) is 10.5 Å². The van der Waals surface area contributed by atoms with Crippen LogP contribution in [0.4, 0.5) is 5.69 Å². The fourth-order valence-electron chi connectivity index (χ4n) is 6.80. The largest absolute Gasteiger partial charge is 0.510 e. The highest BCUT2D eigenvalue weighted by Gasteiger charge is 2.63. The van der Waals surface area contributed by atoms with Gasteiger partial charge in [0.2, 0.25) is 5.78 Å². The highest BCUT2D eigenvalue weighted by molar-refractivity contribution is 6.25. The lowest BCUT2D eigenvalue weighted by atomic mass is 9.58. The third kappa shape index (κ3) is 4.02. The van der Waals surface area contributed by atoms with Crippen LogP contribution in [0.5, 0.6) is 5.75 Å². The fraction of sp³-hybridized carbons (Fsp3) is 0.500. The van der Waals surface area contributed by atoms with Crippen molar-refractivity contribution in [2.24, 2.45) is 17.6 Å². The van der Waals surface area contributed by atoms with Gasteiger partial charge < -0.3 is 40.7 Å². The predicted octanol–water partition coefficient (Wildman–Crippen LogP) is -0.341. The molecule has 41 heavy (non-hydrogen) atoms. The number of hydrogen-bond donors (Lipinski definition) is 5. The summed E-state index contributed by atoms with van der Waals surface area (Å²) in [5.74, 6) is -7.88. The summed E-state index contributed by atoms with van der Waals surface area (Å²) in [6.45, 7) is 1.28. The monoisotopic (exact) mass is 570 g/mol. The van der Waals surface area contributed by atoms with E-state index in [1.807, 2.05) is 0 Å². The van der Waals surface area contributed by atoms with Crippen LogP contribution in [0.1, 0.15) is 32.7 Å². The molecule has 0 spiro atoms. The van der Waals surface area contributed by atoms with Crippen molar-refractivity contribution in [2.45, 2.75) is 24.5 Å². The number of phenolic OH excluding ortho intramolecular Hbond substituents is 1. The standard InChI is InChI=1S/C28H34N4O9/c1-30(2)16-11-14(27(39)32-5-7-41-8-6-32)21(33)18-13(16)9-12-10-15-20(31(3)4)23(35)19(26(29)38)25(37)28(15,40)24(36)17(12)22(18)34/h11-12,15,20,33,35-36,40H,5-10H2,1-4H3,(H2,29,38)/t12?,15?,20-,28-/m0/s1. The van der Waals surface area contributed by atoms with Gasteiger partial charge in [0, 0.05) is 44.4 Å². The topological polar surface area (TPSA) is 194 Å². The molecule has 220 valence electrons. The van der Waals surface area contributed by atoms with Gasteiger partial charge in [0.05, 0.1) is 30.4 Å². The number of benzene rings is 1. The molecule has 4 aliphatic rings. The first-order valence-corrected chi connectivity index (χ1v) is 13.3. The van der Waals surface area contributed by atoms with E-state index in [9.17, 15) is 39.6 Å². The maximum absolute atomic E-state index is 14.1. The lowest BCUT2D eigenvalue weighted by Gasteiger charge is -2.50. The molecular weight excluding hydrogens is 536 g/mol. The number of carbonyl (C=O) groups excluding carboxylic acids is 4. The van der Waals surface area contributed by atoms with Crippen LogP contribution in [0, 0.1) is 11.8 Å². The van der Waals surface area contributed by atoms with Crippen molar-refractivity contribution >= 4 is 29.1 Å². The van der Waals surface area contributed by atoms with E-state index >= 15 is 0 Å². The molecule has 6 N–H and O–H groups in total. The van der Waals surface area contributed by atoms with Crippen molar-refractivity contribution in [2.75, 3.05) is 59.4 Å². The molecule has 1 aliphatic heterocycles. The molecule has 5 rings (SSSR count). The summed E-state index contributed by atoms with van der Waals surface area (Å²) in [6.07, 6.45) is 0.107. The molecular formula is C28H34N4O9. The summed E-state index contributed by atoms with van der Waals surface area (Å²) in [5, 5.41) is 45.5. The average Bonchev–Trinajstić information content (AvgIpc) is 2.90. The molecule has 1 heterocycles. The van der Waals surface area contributed by atoms with Gasteiger partial charge in [-0.2, -0.15) is 0 Å². The summed E-state index contributed by atoms with van der Waals surface area (Å²) >= 11 is 0. The van der Waals surface area contributed by atoms with Crippen LogP contribution in [-0.4, -0.2) is 120 Å². The van der Waals surface area contributed by atoms with Crippen molar-refractivity contribution in [3.8, 4) is 5.75 Å². The normalized spacial score (nSPS) is 28.0. The van der Waals surface area contributed by atoms with Crippen molar-refractivity contribution in [3.63, 3.8) is 0 Å². The maximum atomic E-state index is 14.1. The Kier molecular flexibility index (Phi) is 6.87. The Balaban J connectivity index is 1.70. The van der Waals surface area contributed by atoms with Crippen LogP contribution in [-0.2, 0) is 20.7 Å². The number of allylic oxidation sites excluding steroid dienone is 1. The number of primary amides is 1. The van der Waals surface area contributed by atoms with Crippen LogP contribution >= 0.6 is 0 Å². The highest BCUT2D eigenvalue weighted by atomic mass is 16.5. The number of Topliss-reactive ketones (excluding diaryl/α,β-unsaturated/α-hetero) is 2. The number of amides is 2. The second kappa shape index (κ2) is 9.86. The minimum atomic E-state index is -2.73. The highest BCUT2D eigenvalue weighted by Crippen LogP contribution is 2.53. The number of aliphatic hydroxyl groups is 3. The zero-order valence-corrected chi connectivity index (χ0v) is 23.3. The van der Waals surface area contributed by atoms with E-state index in [0.29, 0.717) is 37.6 Å². The molecule has 1 fully saturated rings. The first kappa shape index (κ1) is 28.6. The van der Waals surface area contributed by atoms with Crippen LogP contribution < -0.4 is 10.6 Å². The molecule has 1 saturated heterocycles. The number of hydrogen-bond acceptors (Lipinski definition) is 11. The quantitative estimate of drug-likeness (QED) is 0.297. The van der Waals surface area contributed by atoms with Crippen LogP contribution in [0.2, 0.25) is 0 Å². The Morgan fingerprint density at radius 1 is 1.10 bits per heavy atom. The van der Waals surface area contributed by atoms with Crippen molar-refractivity contribution in [3.05, 3.63) is 45.4 Å². The lowest BCUT2D eigenvalue weighted by molar-refractivity contribution is -0.148. The molecule has 0 radical (unpaired) electrons. The first-order chi connectivity index (χ1) is 19.2. The number of rotatable bonds is 4. The number of ether oxygens (including phenoxy) is 1. The van der Waals surface area contributed by atoms with E-state index in [-0.39, 0.29) is 29.5 Å². The van der Waals surface area contributed by atoms with Crippen molar-refractivity contribution < 1.29 is 44.3 Å². The second-order valence-electron chi connectivity index (χ2n) is 11.4. The molecule has 2 unspecified atom stereocenters. The van der Waals surface area contributed by atoms with Gasteiger partial charge in [-0.05, 0) is 44.5 Å². The number of nitrogens with zero attached hydrogens (tertiary/aromatic N) is 3. The fourth-order valence-corrected chi connectivity index (χ4v) is 6.80. The van der Waals surface area contributed by atoms with Gasteiger partial charge in [0.25, 0.3) is 11.8 Å². The van der Waals surface area contributed by atoms with E-state index in [0.717, 1.165) is 0 Å². The molecule has 0 bridgehead atoms. The van der Waals surface area contributed by atoms with Crippen molar-refractivity contribution in [1.29, 1.82) is 0 Å². The number of phenols is 1. The molecule has 2 amide bonds. The SMILES string of the molecule is CN(C)c1cc(C(=O)N2CCOCC2)c(O)c2c1CC1CC3[C@H](N(C)C)C(O)=C(C(N)=O)C(=O)[C@@]3(O)C(O)=C1C2=O. The van der Waals surface area contributed by atoms with Gasteiger partial charge >= 0.3 is 0 Å². The minimum Gasteiger partial charge on any atom is -0.510 e. The van der Waals surface area contributed by atoms with Gasteiger partial charge in [-0.3, -0.25) is 24.1 Å². The van der Waals surface area contributed by atoms with Gasteiger partial charge in [-0.1, -0.05) is 0 Å². The van der Waals surface area contributed by atoms with Crippen LogP contribution in [0.15, 0.2) is 28.7 Å². The number of carbonyl (C=O) groups is 4. The molecule has 4 atom stereocenters. The summed E-state index contributed by atoms with van der Waals surface area (Å²) in [6, 6.07) is 0.462. The van der Waals surface area contributed by atoms with E-state index in [1.54, 1.807) is 33.1 Å². The van der Waals surface area contributed by atoms with Gasteiger partial charge in [0.1, 0.15) is 22.8 Å². The van der Waals surface area contributed by atoms with Gasteiger partial charge in [-0.15, -0.1) is 0 Å². The maximum Gasteiger partial charge on any atom is 0.257 e. The third-order valence-electron chi connectivity index (χ3n) is 8.71. The number of likely N-dealkylation sites (N-methyl/N-ethyl adjacent to an activating group) is 1.